The highest BCUT2D eigenvalue weighted by Crippen LogP contribution is 2.28. The van der Waals surface area contributed by atoms with E-state index in [1.165, 1.54) is 9.88 Å². The van der Waals surface area contributed by atoms with E-state index < -0.39 is 0 Å². The summed E-state index contributed by atoms with van der Waals surface area (Å²) in [4.78, 5) is 5.73. The zero-order valence-corrected chi connectivity index (χ0v) is 13.3. The van der Waals surface area contributed by atoms with Crippen molar-refractivity contribution in [3.05, 3.63) is 44.9 Å². The molecule has 1 aromatic heterocycles. The van der Waals surface area contributed by atoms with Crippen molar-refractivity contribution in [2.75, 3.05) is 5.32 Å². The van der Waals surface area contributed by atoms with Crippen LogP contribution in [0.2, 0.25) is 5.02 Å². The Hall–Kier alpha value is -1.06. The van der Waals surface area contributed by atoms with Crippen LogP contribution in [-0.2, 0) is 12.0 Å². The Morgan fingerprint density at radius 1 is 1.32 bits per heavy atom. The second-order valence-electron chi connectivity index (χ2n) is 5.65. The Labute approximate surface area is 123 Å². The third-order valence-electron chi connectivity index (χ3n) is 2.92. The summed E-state index contributed by atoms with van der Waals surface area (Å²) in [6, 6.07) is 5.92. The van der Waals surface area contributed by atoms with Crippen molar-refractivity contribution < 1.29 is 0 Å². The fourth-order valence-corrected chi connectivity index (χ4v) is 2.80. The van der Waals surface area contributed by atoms with Crippen LogP contribution in [0.4, 0.5) is 5.69 Å². The van der Waals surface area contributed by atoms with E-state index in [1.807, 2.05) is 31.3 Å². The van der Waals surface area contributed by atoms with Crippen LogP contribution in [0.25, 0.3) is 0 Å². The minimum absolute atomic E-state index is 0.120. The summed E-state index contributed by atoms with van der Waals surface area (Å²) in [5.41, 5.74) is 2.29. The van der Waals surface area contributed by atoms with Crippen molar-refractivity contribution in [3.63, 3.8) is 0 Å². The monoisotopic (exact) mass is 294 g/mol. The van der Waals surface area contributed by atoms with Crippen molar-refractivity contribution in [3.8, 4) is 0 Å². The predicted octanol–water partition coefficient (Wildman–Crippen LogP) is 5.01. The number of anilines is 1. The fourth-order valence-electron chi connectivity index (χ4n) is 1.72. The Balaban J connectivity index is 2.07. The number of nitrogens with zero attached hydrogens (tertiary/aromatic N) is 1. The van der Waals surface area contributed by atoms with Gasteiger partial charge in [-0.3, -0.25) is 0 Å². The molecular formula is C15H19ClN2S. The van der Waals surface area contributed by atoms with Gasteiger partial charge in [-0.1, -0.05) is 38.4 Å². The molecule has 0 aliphatic heterocycles. The third-order valence-corrected chi connectivity index (χ3v) is 4.75. The van der Waals surface area contributed by atoms with Gasteiger partial charge in [0.15, 0.2) is 0 Å². The molecule has 1 heterocycles. The molecule has 19 heavy (non-hydrogen) atoms. The Morgan fingerprint density at radius 3 is 2.68 bits per heavy atom. The van der Waals surface area contributed by atoms with Gasteiger partial charge in [-0.2, -0.15) is 0 Å². The first-order valence-electron chi connectivity index (χ1n) is 6.32. The van der Waals surface area contributed by atoms with E-state index in [-0.39, 0.29) is 5.41 Å². The molecule has 0 bridgehead atoms. The lowest BCUT2D eigenvalue weighted by atomic mass is 9.98. The number of nitrogens with one attached hydrogen (secondary N) is 1. The van der Waals surface area contributed by atoms with Gasteiger partial charge in [0.2, 0.25) is 0 Å². The van der Waals surface area contributed by atoms with Gasteiger partial charge >= 0.3 is 0 Å². The van der Waals surface area contributed by atoms with Gasteiger partial charge in [-0.05, 0) is 24.6 Å². The SMILES string of the molecule is Cc1c(Cl)cccc1NCc1cnc(C(C)(C)C)s1. The molecule has 0 radical (unpaired) electrons. The first-order valence-corrected chi connectivity index (χ1v) is 7.51. The molecule has 0 aliphatic rings. The highest BCUT2D eigenvalue weighted by Gasteiger charge is 2.17. The lowest BCUT2D eigenvalue weighted by Gasteiger charge is -2.13. The summed E-state index contributed by atoms with van der Waals surface area (Å²) in [6.07, 6.45) is 1.96. The maximum Gasteiger partial charge on any atom is 0.0981 e. The minimum Gasteiger partial charge on any atom is -0.380 e. The molecule has 102 valence electrons. The topological polar surface area (TPSA) is 24.9 Å². The molecule has 0 saturated heterocycles. The second-order valence-corrected chi connectivity index (χ2v) is 7.17. The van der Waals surface area contributed by atoms with Crippen LogP contribution in [0.3, 0.4) is 0 Å². The molecule has 0 saturated carbocycles. The largest absolute Gasteiger partial charge is 0.380 e. The smallest absolute Gasteiger partial charge is 0.0981 e. The molecule has 0 atom stereocenters. The molecule has 2 nitrogen and oxygen atoms in total. The summed E-state index contributed by atoms with van der Waals surface area (Å²) in [5, 5.41) is 5.39. The van der Waals surface area contributed by atoms with Crippen molar-refractivity contribution in [2.24, 2.45) is 0 Å². The number of hydrogen-bond acceptors (Lipinski definition) is 3. The van der Waals surface area contributed by atoms with E-state index in [1.54, 1.807) is 11.3 Å². The van der Waals surface area contributed by atoms with Crippen molar-refractivity contribution in [1.82, 2.24) is 4.98 Å². The summed E-state index contributed by atoms with van der Waals surface area (Å²) in [7, 11) is 0. The van der Waals surface area contributed by atoms with E-state index >= 15 is 0 Å². The van der Waals surface area contributed by atoms with Gasteiger partial charge in [0.05, 0.1) is 11.6 Å². The number of hydrogen-bond donors (Lipinski definition) is 1. The predicted molar refractivity (Wildman–Crippen MR) is 84.3 cm³/mol. The van der Waals surface area contributed by atoms with Crippen molar-refractivity contribution in [1.29, 1.82) is 0 Å². The quantitative estimate of drug-likeness (QED) is 0.860. The van der Waals surface area contributed by atoms with Crippen LogP contribution in [0, 0.1) is 6.92 Å². The first-order chi connectivity index (χ1) is 8.88. The van der Waals surface area contributed by atoms with E-state index in [2.05, 4.69) is 31.1 Å². The van der Waals surface area contributed by atoms with Gasteiger partial charge < -0.3 is 5.32 Å². The lowest BCUT2D eigenvalue weighted by molar-refractivity contribution is 0.585. The summed E-state index contributed by atoms with van der Waals surface area (Å²) in [6.45, 7) is 9.37. The average molecular weight is 295 g/mol. The van der Waals surface area contributed by atoms with Crippen LogP contribution in [0.1, 0.15) is 36.2 Å². The van der Waals surface area contributed by atoms with Gasteiger partial charge in [-0.25, -0.2) is 4.98 Å². The standard InChI is InChI=1S/C15H19ClN2S/c1-10-12(16)6-5-7-13(10)17-8-11-9-18-14(19-11)15(2,3)4/h5-7,9,17H,8H2,1-4H3. The molecule has 0 aliphatic carbocycles. The second kappa shape index (κ2) is 5.51. The number of halogens is 1. The average Bonchev–Trinajstić information content (AvgIpc) is 2.79. The molecule has 4 heteroatoms. The van der Waals surface area contributed by atoms with Gasteiger partial charge in [0, 0.05) is 27.2 Å². The molecule has 0 amide bonds. The Kier molecular flexibility index (Phi) is 4.16. The normalized spacial score (nSPS) is 11.6. The zero-order valence-electron chi connectivity index (χ0n) is 11.7. The zero-order chi connectivity index (χ0) is 14.0. The first kappa shape index (κ1) is 14.4. The highest BCUT2D eigenvalue weighted by atomic mass is 35.5. The van der Waals surface area contributed by atoms with E-state index in [0.717, 1.165) is 22.8 Å². The van der Waals surface area contributed by atoms with Crippen LogP contribution < -0.4 is 5.32 Å². The summed E-state index contributed by atoms with van der Waals surface area (Å²) >= 11 is 7.87. The molecule has 0 unspecified atom stereocenters. The van der Waals surface area contributed by atoms with Gasteiger partial charge in [0.25, 0.3) is 0 Å². The van der Waals surface area contributed by atoms with E-state index in [9.17, 15) is 0 Å². The molecular weight excluding hydrogens is 276 g/mol. The maximum atomic E-state index is 6.11. The minimum atomic E-state index is 0.120. The molecule has 0 fully saturated rings. The molecule has 2 rings (SSSR count). The van der Waals surface area contributed by atoms with Crippen LogP contribution >= 0.6 is 22.9 Å². The van der Waals surface area contributed by atoms with E-state index in [4.69, 9.17) is 11.6 Å². The third kappa shape index (κ3) is 3.48. The van der Waals surface area contributed by atoms with Crippen LogP contribution in [0.15, 0.2) is 24.4 Å². The summed E-state index contributed by atoms with van der Waals surface area (Å²) < 4.78 is 0. The van der Waals surface area contributed by atoms with Gasteiger partial charge in [0.1, 0.15) is 0 Å². The molecule has 2 aromatic rings. The molecule has 1 N–H and O–H groups in total. The van der Waals surface area contributed by atoms with Crippen molar-refractivity contribution >= 4 is 28.6 Å². The van der Waals surface area contributed by atoms with Crippen molar-refractivity contribution in [2.45, 2.75) is 39.7 Å². The van der Waals surface area contributed by atoms with E-state index in [0.29, 0.717) is 0 Å². The number of rotatable bonds is 3. The number of aromatic nitrogens is 1. The maximum absolute atomic E-state index is 6.11. The number of benzene rings is 1. The summed E-state index contributed by atoms with van der Waals surface area (Å²) in [5.74, 6) is 0. The van der Waals surface area contributed by atoms with Crippen LogP contribution in [0.5, 0.6) is 0 Å². The fraction of sp³-hybridized carbons (Fsp3) is 0.400. The van der Waals surface area contributed by atoms with Crippen LogP contribution in [-0.4, -0.2) is 4.98 Å². The number of thiazole rings is 1. The van der Waals surface area contributed by atoms with Gasteiger partial charge in [-0.15, -0.1) is 11.3 Å². The Morgan fingerprint density at radius 2 is 2.05 bits per heavy atom. The molecule has 0 spiro atoms. The lowest BCUT2D eigenvalue weighted by Crippen LogP contribution is -2.09. The molecule has 1 aromatic carbocycles. The Bertz CT molecular complexity index is 570. The highest BCUT2D eigenvalue weighted by molar-refractivity contribution is 7.11.